The van der Waals surface area contributed by atoms with Crippen molar-refractivity contribution in [3.63, 3.8) is 0 Å². The van der Waals surface area contributed by atoms with Gasteiger partial charge in [0.05, 0.1) is 41.7 Å². The van der Waals surface area contributed by atoms with Crippen molar-refractivity contribution in [3.8, 4) is 23.0 Å². The Kier molecular flexibility index (Phi) is 8.81. The molecule has 0 aromatic carbocycles. The van der Waals surface area contributed by atoms with Gasteiger partial charge in [-0.3, -0.25) is 0 Å². The highest BCUT2D eigenvalue weighted by Gasteiger charge is 2.37. The highest BCUT2D eigenvalue weighted by atomic mass is 35.5. The third-order valence-corrected chi connectivity index (χ3v) is 8.24. The van der Waals surface area contributed by atoms with E-state index in [4.69, 9.17) is 30.5 Å². The van der Waals surface area contributed by atoms with E-state index in [2.05, 4.69) is 25.1 Å². The molecule has 12 nitrogen and oxygen atoms in total. The molecule has 206 valence electrons. The number of methoxy groups -OCH3 is 1. The zero-order valence-corrected chi connectivity index (χ0v) is 23.4. The first-order valence-corrected chi connectivity index (χ1v) is 14.3. The molecule has 0 fully saturated rings. The Balaban J connectivity index is 1.73. The fourth-order valence-corrected chi connectivity index (χ4v) is 5.63. The van der Waals surface area contributed by atoms with Crippen molar-refractivity contribution < 1.29 is 27.4 Å². The maximum absolute atomic E-state index is 13.8. The second-order valence-corrected chi connectivity index (χ2v) is 11.8. The molecule has 4 rings (SSSR count). The molecule has 4 heterocycles. The van der Waals surface area contributed by atoms with E-state index in [-0.39, 0.29) is 37.0 Å². The van der Waals surface area contributed by atoms with Crippen molar-refractivity contribution in [1.82, 2.24) is 29.7 Å². The van der Waals surface area contributed by atoms with Crippen molar-refractivity contribution >= 4 is 21.4 Å². The van der Waals surface area contributed by atoms with Crippen molar-refractivity contribution in [2.75, 3.05) is 26.9 Å². The predicted molar refractivity (Wildman–Crippen MR) is 139 cm³/mol. The van der Waals surface area contributed by atoms with Crippen molar-refractivity contribution in [2.45, 2.75) is 56.9 Å². The Morgan fingerprint density at radius 1 is 1.18 bits per heavy atom. The van der Waals surface area contributed by atoms with Gasteiger partial charge in [0.1, 0.15) is 24.3 Å². The van der Waals surface area contributed by atoms with Crippen LogP contribution in [0.1, 0.15) is 51.5 Å². The third-order valence-electron chi connectivity index (χ3n) is 6.01. The number of ether oxygens (including phenoxy) is 4. The zero-order chi connectivity index (χ0) is 27.4. The van der Waals surface area contributed by atoms with Gasteiger partial charge in [-0.2, -0.15) is 0 Å². The number of rotatable bonds is 11. The molecular formula is C24H31ClN6O6S. The lowest BCUT2D eigenvalue weighted by atomic mass is 10.2. The van der Waals surface area contributed by atoms with E-state index in [1.165, 1.54) is 19.5 Å². The van der Waals surface area contributed by atoms with Crippen molar-refractivity contribution in [1.29, 1.82) is 0 Å². The van der Waals surface area contributed by atoms with E-state index in [0.717, 1.165) is 0 Å². The normalized spacial score (nSPS) is 16.8. The molecule has 0 aliphatic carbocycles. The number of sulfone groups is 1. The molecule has 0 bridgehead atoms. The number of aromatic nitrogens is 6. The summed E-state index contributed by atoms with van der Waals surface area (Å²) < 4.78 is 52.4. The first-order chi connectivity index (χ1) is 18.2. The molecule has 1 aliphatic heterocycles. The Morgan fingerprint density at radius 2 is 1.92 bits per heavy atom. The van der Waals surface area contributed by atoms with Crippen LogP contribution in [0, 0.1) is 0 Å². The average molecular weight is 567 g/mol. The molecule has 38 heavy (non-hydrogen) atoms. The first-order valence-electron chi connectivity index (χ1n) is 12.2. The van der Waals surface area contributed by atoms with Gasteiger partial charge in [-0.1, -0.05) is 11.6 Å². The highest BCUT2D eigenvalue weighted by Crippen LogP contribution is 2.40. The molecule has 0 saturated heterocycles. The molecular weight excluding hydrogens is 536 g/mol. The summed E-state index contributed by atoms with van der Waals surface area (Å²) in [5.41, 5.74) is 0.593. The summed E-state index contributed by atoms with van der Waals surface area (Å²) in [5, 5.41) is 8.00. The maximum atomic E-state index is 13.8. The Labute approximate surface area is 226 Å². The van der Waals surface area contributed by atoms with Gasteiger partial charge in [0.15, 0.2) is 27.2 Å². The number of nitrogens with zero attached hydrogens (tertiary/aromatic N) is 6. The molecule has 3 atom stereocenters. The quantitative estimate of drug-likeness (QED) is 0.337. The minimum atomic E-state index is -3.85. The molecule has 14 heteroatoms. The monoisotopic (exact) mass is 566 g/mol. The highest BCUT2D eigenvalue weighted by molar-refractivity contribution is 7.91. The van der Waals surface area contributed by atoms with Gasteiger partial charge < -0.3 is 23.5 Å². The van der Waals surface area contributed by atoms with E-state index in [0.29, 0.717) is 34.6 Å². The maximum Gasteiger partial charge on any atom is 0.257 e. The second-order valence-electron chi connectivity index (χ2n) is 9.01. The lowest BCUT2D eigenvalue weighted by molar-refractivity contribution is 0.00142. The minimum Gasteiger partial charge on any atom is -0.485 e. The Bertz CT molecular complexity index is 1350. The SMILES string of the molecule is CCOC[C@@H]1COc2c(ccnc2OC)-c2nnc(CS(=O)(=O)[C@@H](C)[C@@H](OC(C)C)c3ncc(Cl)cn3)n21. The molecule has 0 N–H and O–H groups in total. The first kappa shape index (κ1) is 28.1. The number of hydrogen-bond donors (Lipinski definition) is 0. The van der Waals surface area contributed by atoms with Gasteiger partial charge in [0.25, 0.3) is 5.88 Å². The van der Waals surface area contributed by atoms with Crippen LogP contribution < -0.4 is 9.47 Å². The van der Waals surface area contributed by atoms with Crippen LogP contribution in [0.2, 0.25) is 5.02 Å². The fourth-order valence-electron chi connectivity index (χ4n) is 4.15. The van der Waals surface area contributed by atoms with Crippen LogP contribution >= 0.6 is 11.6 Å². The van der Waals surface area contributed by atoms with Crippen LogP contribution in [0.15, 0.2) is 24.7 Å². The Hall–Kier alpha value is -2.87. The summed E-state index contributed by atoms with van der Waals surface area (Å²) in [5.74, 6) is 1.24. The van der Waals surface area contributed by atoms with Gasteiger partial charge in [0.2, 0.25) is 0 Å². The lowest BCUT2D eigenvalue weighted by Crippen LogP contribution is -2.32. The van der Waals surface area contributed by atoms with E-state index in [1.54, 1.807) is 23.8 Å². The summed E-state index contributed by atoms with van der Waals surface area (Å²) in [7, 11) is -2.35. The van der Waals surface area contributed by atoms with Crippen LogP contribution in [0.3, 0.4) is 0 Å². The number of halogens is 1. The van der Waals surface area contributed by atoms with Gasteiger partial charge in [-0.15, -0.1) is 10.2 Å². The number of pyridine rings is 1. The van der Waals surface area contributed by atoms with E-state index < -0.39 is 26.9 Å². The van der Waals surface area contributed by atoms with Gasteiger partial charge in [-0.05, 0) is 33.8 Å². The molecule has 0 amide bonds. The molecule has 3 aromatic heterocycles. The second kappa shape index (κ2) is 11.9. The van der Waals surface area contributed by atoms with Gasteiger partial charge in [0, 0.05) is 25.2 Å². The molecule has 1 aliphatic rings. The molecule has 0 radical (unpaired) electrons. The number of fused-ring (bicyclic) bond motifs is 3. The summed E-state index contributed by atoms with van der Waals surface area (Å²) in [6.45, 7) is 8.02. The zero-order valence-electron chi connectivity index (χ0n) is 21.9. The third kappa shape index (κ3) is 5.90. The molecule has 0 spiro atoms. The van der Waals surface area contributed by atoms with Gasteiger partial charge >= 0.3 is 0 Å². The molecule has 3 aromatic rings. The predicted octanol–water partition coefficient (Wildman–Crippen LogP) is 3.23. The van der Waals surface area contributed by atoms with Gasteiger partial charge in [-0.25, -0.2) is 23.4 Å². The fraction of sp³-hybridized carbons (Fsp3) is 0.542. The van der Waals surface area contributed by atoms with Crippen LogP contribution in [-0.2, 0) is 25.1 Å². The topological polar surface area (TPSA) is 140 Å². The van der Waals surface area contributed by atoms with Crippen LogP contribution in [0.5, 0.6) is 11.6 Å². The molecule has 0 unspecified atom stereocenters. The lowest BCUT2D eigenvalue weighted by Gasteiger charge is -2.25. The summed E-state index contributed by atoms with van der Waals surface area (Å²) in [6, 6.07) is 1.34. The van der Waals surface area contributed by atoms with E-state index in [1.807, 2.05) is 20.8 Å². The number of hydrogen-bond acceptors (Lipinski definition) is 11. The summed E-state index contributed by atoms with van der Waals surface area (Å²) >= 11 is 5.94. The van der Waals surface area contributed by atoms with Crippen molar-refractivity contribution in [3.05, 3.63) is 41.3 Å². The van der Waals surface area contributed by atoms with Crippen LogP contribution in [0.25, 0.3) is 11.4 Å². The largest absolute Gasteiger partial charge is 0.485 e. The average Bonchev–Trinajstić information content (AvgIpc) is 3.21. The Morgan fingerprint density at radius 3 is 2.58 bits per heavy atom. The van der Waals surface area contributed by atoms with Crippen LogP contribution in [-0.4, -0.2) is 76.4 Å². The summed E-state index contributed by atoms with van der Waals surface area (Å²) in [4.78, 5) is 12.6. The minimum absolute atomic E-state index is 0.181. The van der Waals surface area contributed by atoms with E-state index >= 15 is 0 Å². The smallest absolute Gasteiger partial charge is 0.257 e. The summed E-state index contributed by atoms with van der Waals surface area (Å²) in [6.07, 6.45) is 3.21. The standard InChI is InChI=1S/C24H31ClN6O6S/c1-6-35-11-17-12-36-21-18(7-8-26-24(21)34-5)23-30-29-19(31(17)23)13-38(32,33)15(4)20(37-14(2)3)22-27-9-16(25)10-28-22/h7-10,14-15,17,20H,6,11-13H2,1-5H3/t15-,17+,20+/m0/s1. The van der Waals surface area contributed by atoms with Crippen LogP contribution in [0.4, 0.5) is 0 Å². The molecule has 0 saturated carbocycles. The van der Waals surface area contributed by atoms with Crippen molar-refractivity contribution in [2.24, 2.45) is 0 Å². The van der Waals surface area contributed by atoms with E-state index in [9.17, 15) is 8.42 Å².